The highest BCUT2D eigenvalue weighted by Crippen LogP contribution is 2.31. The van der Waals surface area contributed by atoms with Gasteiger partial charge in [0, 0.05) is 28.5 Å². The normalized spacial score (nSPS) is 11.8. The number of rotatable bonds is 5. The fourth-order valence-electron chi connectivity index (χ4n) is 4.87. The predicted molar refractivity (Wildman–Crippen MR) is 153 cm³/mol. The lowest BCUT2D eigenvalue weighted by molar-refractivity contribution is 0.772. The van der Waals surface area contributed by atoms with Gasteiger partial charge in [-0.3, -0.25) is 14.3 Å². The summed E-state index contributed by atoms with van der Waals surface area (Å²) in [4.78, 5) is 27.1. The number of aromatic nitrogens is 4. The second-order valence-electron chi connectivity index (χ2n) is 9.20. The molecule has 0 radical (unpaired) electrons. The molecule has 0 saturated heterocycles. The van der Waals surface area contributed by atoms with E-state index in [0.29, 0.717) is 16.9 Å². The molecular weight excluding hydrogens is 486 g/mol. The molecule has 0 aliphatic carbocycles. The molecule has 0 unspecified atom stereocenters. The zero-order valence-corrected chi connectivity index (χ0v) is 21.0. The molecule has 3 heterocycles. The number of hydrogen-bond donors (Lipinski definition) is 2. The second kappa shape index (κ2) is 9.72. The quantitative estimate of drug-likeness (QED) is 0.309. The maximum absolute atomic E-state index is 14.4. The molecule has 188 valence electrons. The van der Waals surface area contributed by atoms with Gasteiger partial charge < -0.3 is 11.1 Å². The fourth-order valence-corrected chi connectivity index (χ4v) is 4.87. The molecule has 6 rings (SSSR count). The molecule has 0 aliphatic heterocycles. The van der Waals surface area contributed by atoms with Crippen molar-refractivity contribution in [2.45, 2.75) is 13.0 Å². The van der Waals surface area contributed by atoms with Gasteiger partial charge in [0.1, 0.15) is 17.5 Å². The molecule has 3 aromatic heterocycles. The molecule has 0 fully saturated rings. The van der Waals surface area contributed by atoms with Crippen LogP contribution in [0.1, 0.15) is 24.2 Å². The highest BCUT2D eigenvalue weighted by atomic mass is 16.1. The lowest BCUT2D eigenvalue weighted by atomic mass is 9.98. The highest BCUT2D eigenvalue weighted by molar-refractivity contribution is 5.98. The van der Waals surface area contributed by atoms with E-state index in [0.717, 1.165) is 33.1 Å². The minimum atomic E-state index is -0.408. The van der Waals surface area contributed by atoms with Gasteiger partial charge in [0.2, 0.25) is 5.95 Å². The fraction of sp³-hybridized carbons (Fsp3) is 0.0645. The number of pyridine rings is 2. The Morgan fingerprint density at radius 1 is 0.923 bits per heavy atom. The van der Waals surface area contributed by atoms with E-state index in [1.54, 1.807) is 4.57 Å². The van der Waals surface area contributed by atoms with Gasteiger partial charge in [-0.1, -0.05) is 54.6 Å². The number of hydrogen-bond acceptors (Lipinski definition) is 7. The summed E-state index contributed by atoms with van der Waals surface area (Å²) in [6, 6.07) is 29.0. The Morgan fingerprint density at radius 2 is 1.69 bits per heavy atom. The highest BCUT2D eigenvalue weighted by Gasteiger charge is 2.20. The number of anilines is 2. The Morgan fingerprint density at radius 3 is 2.51 bits per heavy atom. The summed E-state index contributed by atoms with van der Waals surface area (Å²) in [6.45, 7) is 1.91. The standard InChI is InChI=1S/C31H23N7O/c1-19(36-29-23(16-32)18-35-31(33)37-29)27-15-21-9-7-12-25(22-14-20-8-5-6-13-26(20)34-17-22)28(21)30(39)38(27)24-10-3-2-4-11-24/h2-15,17-19H,1H3,(H3,33,35,36,37)/t19-/m0/s1. The molecule has 0 aliphatic rings. The summed E-state index contributed by atoms with van der Waals surface area (Å²) in [5.41, 5.74) is 9.89. The first-order valence-electron chi connectivity index (χ1n) is 12.4. The van der Waals surface area contributed by atoms with Crippen molar-refractivity contribution in [2.75, 3.05) is 11.1 Å². The number of para-hydroxylation sites is 2. The summed E-state index contributed by atoms with van der Waals surface area (Å²) in [7, 11) is 0. The summed E-state index contributed by atoms with van der Waals surface area (Å²) in [5.74, 6) is 0.358. The Balaban J connectivity index is 1.58. The van der Waals surface area contributed by atoms with Crippen LogP contribution in [0.15, 0.2) is 102 Å². The van der Waals surface area contributed by atoms with Gasteiger partial charge >= 0.3 is 0 Å². The molecule has 8 nitrogen and oxygen atoms in total. The number of benzene rings is 3. The average Bonchev–Trinajstić information content (AvgIpc) is 2.97. The molecular formula is C31H23N7O. The summed E-state index contributed by atoms with van der Waals surface area (Å²) >= 11 is 0. The van der Waals surface area contributed by atoms with Crippen LogP contribution in [0, 0.1) is 11.3 Å². The molecule has 3 N–H and O–H groups in total. The van der Waals surface area contributed by atoms with E-state index in [1.807, 2.05) is 92.0 Å². The molecule has 8 heteroatoms. The second-order valence-corrected chi connectivity index (χ2v) is 9.20. The Kier molecular flexibility index (Phi) is 5.94. The SMILES string of the molecule is C[C@H](Nc1nc(N)ncc1C#N)c1cc2cccc(-c3cnc4ccccc4c3)c2c(=O)n1-c1ccccc1. The van der Waals surface area contributed by atoms with Crippen LogP contribution in [0.25, 0.3) is 38.5 Å². The third-order valence-corrected chi connectivity index (χ3v) is 6.72. The van der Waals surface area contributed by atoms with Crippen LogP contribution in [0.4, 0.5) is 11.8 Å². The molecule has 1 atom stereocenters. The third kappa shape index (κ3) is 4.32. The van der Waals surface area contributed by atoms with Crippen molar-refractivity contribution in [2.24, 2.45) is 0 Å². The van der Waals surface area contributed by atoms with Crippen LogP contribution >= 0.6 is 0 Å². The number of nitrogens with one attached hydrogen (secondary N) is 1. The Bertz CT molecular complexity index is 1960. The van der Waals surface area contributed by atoms with Crippen molar-refractivity contribution < 1.29 is 0 Å². The van der Waals surface area contributed by atoms with Crippen LogP contribution < -0.4 is 16.6 Å². The van der Waals surface area contributed by atoms with Gasteiger partial charge in [-0.15, -0.1) is 0 Å². The number of fused-ring (bicyclic) bond motifs is 2. The molecule has 3 aromatic carbocycles. The Hall–Kier alpha value is -5.55. The van der Waals surface area contributed by atoms with E-state index >= 15 is 0 Å². The smallest absolute Gasteiger partial charge is 0.263 e. The predicted octanol–water partition coefficient (Wildman–Crippen LogP) is 5.62. The van der Waals surface area contributed by atoms with Crippen LogP contribution in [0.2, 0.25) is 0 Å². The van der Waals surface area contributed by atoms with Gasteiger partial charge in [-0.05, 0) is 48.2 Å². The number of nitrogen functional groups attached to an aromatic ring is 1. The van der Waals surface area contributed by atoms with Crippen molar-refractivity contribution in [3.8, 4) is 22.9 Å². The zero-order valence-electron chi connectivity index (χ0n) is 21.0. The molecule has 0 amide bonds. The van der Waals surface area contributed by atoms with Crippen LogP contribution in [0.5, 0.6) is 0 Å². The summed E-state index contributed by atoms with van der Waals surface area (Å²) in [5, 5.41) is 15.2. The van der Waals surface area contributed by atoms with Gasteiger partial charge in [0.25, 0.3) is 5.56 Å². The number of nitriles is 1. The molecule has 39 heavy (non-hydrogen) atoms. The van der Waals surface area contributed by atoms with Crippen molar-refractivity contribution >= 4 is 33.4 Å². The first-order valence-corrected chi connectivity index (χ1v) is 12.4. The van der Waals surface area contributed by atoms with Gasteiger partial charge in [-0.25, -0.2) is 4.98 Å². The van der Waals surface area contributed by atoms with Gasteiger partial charge in [0.15, 0.2) is 0 Å². The monoisotopic (exact) mass is 509 g/mol. The Labute approximate surface area is 224 Å². The summed E-state index contributed by atoms with van der Waals surface area (Å²) in [6.07, 6.45) is 3.19. The topological polar surface area (TPSA) is 123 Å². The average molecular weight is 510 g/mol. The molecule has 6 aromatic rings. The third-order valence-electron chi connectivity index (χ3n) is 6.72. The number of nitrogens with two attached hydrogens (primary N) is 1. The van der Waals surface area contributed by atoms with E-state index in [-0.39, 0.29) is 17.1 Å². The molecule has 0 bridgehead atoms. The van der Waals surface area contributed by atoms with Gasteiger partial charge in [0.05, 0.1) is 23.1 Å². The minimum Gasteiger partial charge on any atom is -0.368 e. The lowest BCUT2D eigenvalue weighted by Gasteiger charge is -2.22. The first kappa shape index (κ1) is 23.8. The van der Waals surface area contributed by atoms with Crippen LogP contribution in [0.3, 0.4) is 0 Å². The lowest BCUT2D eigenvalue weighted by Crippen LogP contribution is -2.26. The van der Waals surface area contributed by atoms with Crippen molar-refractivity contribution in [1.82, 2.24) is 19.5 Å². The molecule has 0 spiro atoms. The van der Waals surface area contributed by atoms with E-state index in [1.165, 1.54) is 6.20 Å². The maximum atomic E-state index is 14.4. The van der Waals surface area contributed by atoms with Crippen LogP contribution in [-0.2, 0) is 0 Å². The maximum Gasteiger partial charge on any atom is 0.263 e. The largest absolute Gasteiger partial charge is 0.368 e. The minimum absolute atomic E-state index is 0.0521. The van der Waals surface area contributed by atoms with E-state index < -0.39 is 6.04 Å². The molecule has 0 saturated carbocycles. The van der Waals surface area contributed by atoms with E-state index in [9.17, 15) is 10.1 Å². The van der Waals surface area contributed by atoms with E-state index in [4.69, 9.17) is 5.73 Å². The summed E-state index contributed by atoms with van der Waals surface area (Å²) < 4.78 is 1.70. The van der Waals surface area contributed by atoms with Crippen LogP contribution in [-0.4, -0.2) is 19.5 Å². The first-order chi connectivity index (χ1) is 19.0. The van der Waals surface area contributed by atoms with Crippen molar-refractivity contribution in [3.63, 3.8) is 0 Å². The van der Waals surface area contributed by atoms with E-state index in [2.05, 4.69) is 32.4 Å². The van der Waals surface area contributed by atoms with Gasteiger partial charge in [-0.2, -0.15) is 10.2 Å². The van der Waals surface area contributed by atoms with Crippen molar-refractivity contribution in [1.29, 1.82) is 5.26 Å². The zero-order chi connectivity index (χ0) is 26.9. The number of nitrogens with zero attached hydrogens (tertiary/aromatic N) is 5. The van der Waals surface area contributed by atoms with Crippen molar-refractivity contribution in [3.05, 3.63) is 119 Å².